The summed E-state index contributed by atoms with van der Waals surface area (Å²) in [6.45, 7) is 0. The van der Waals surface area contributed by atoms with Gasteiger partial charge >= 0.3 is 5.97 Å². The van der Waals surface area contributed by atoms with Gasteiger partial charge in [-0.3, -0.25) is 0 Å². The van der Waals surface area contributed by atoms with Crippen LogP contribution in [0.5, 0.6) is 0 Å². The summed E-state index contributed by atoms with van der Waals surface area (Å²) < 4.78 is 1.04. The third-order valence-corrected chi connectivity index (χ3v) is 5.67. The summed E-state index contributed by atoms with van der Waals surface area (Å²) in [7, 11) is 0. The van der Waals surface area contributed by atoms with Crippen molar-refractivity contribution < 1.29 is 9.90 Å². The maximum atomic E-state index is 11.4. The van der Waals surface area contributed by atoms with Gasteiger partial charge in [0.15, 0.2) is 0 Å². The highest BCUT2D eigenvalue weighted by Gasteiger charge is 2.39. The van der Waals surface area contributed by atoms with Gasteiger partial charge in [-0.2, -0.15) is 0 Å². The van der Waals surface area contributed by atoms with E-state index in [4.69, 9.17) is 11.6 Å². The van der Waals surface area contributed by atoms with Crippen molar-refractivity contribution in [2.75, 3.05) is 5.32 Å². The van der Waals surface area contributed by atoms with E-state index in [-0.39, 0.29) is 17.5 Å². The quantitative estimate of drug-likeness (QED) is 0.638. The molecule has 0 fully saturated rings. The van der Waals surface area contributed by atoms with Crippen LogP contribution in [-0.2, 0) is 0 Å². The van der Waals surface area contributed by atoms with Gasteiger partial charge in [-0.15, -0.1) is 0 Å². The monoisotopic (exact) mass is 403 g/mol. The van der Waals surface area contributed by atoms with Gasteiger partial charge in [0.2, 0.25) is 0 Å². The molecule has 2 aromatic carbocycles. The normalized spacial score (nSPS) is 24.2. The molecule has 0 spiro atoms. The molecule has 5 heteroatoms. The van der Waals surface area contributed by atoms with Crippen molar-refractivity contribution in [1.82, 2.24) is 0 Å². The lowest BCUT2D eigenvalue weighted by Gasteiger charge is -2.38. The van der Waals surface area contributed by atoms with Gasteiger partial charge in [0.1, 0.15) is 0 Å². The molecule has 2 aromatic rings. The molecule has 0 radical (unpaired) electrons. The fraction of sp³-hybridized carbons (Fsp3) is 0.211. The van der Waals surface area contributed by atoms with Crippen LogP contribution < -0.4 is 5.32 Å². The van der Waals surface area contributed by atoms with E-state index in [0.29, 0.717) is 10.9 Å². The van der Waals surface area contributed by atoms with Gasteiger partial charge in [0.05, 0.1) is 22.3 Å². The number of anilines is 1. The maximum absolute atomic E-state index is 11.4. The average molecular weight is 405 g/mol. The lowest BCUT2D eigenvalue weighted by Crippen LogP contribution is -2.29. The zero-order chi connectivity index (χ0) is 16.8. The number of carboxylic acids is 1. The molecular weight excluding hydrogens is 390 g/mol. The van der Waals surface area contributed by atoms with Crippen LogP contribution in [0.2, 0.25) is 5.02 Å². The molecule has 1 aliphatic carbocycles. The Morgan fingerprint density at radius 1 is 1.29 bits per heavy atom. The van der Waals surface area contributed by atoms with Crippen molar-refractivity contribution in [1.29, 1.82) is 0 Å². The molecule has 0 aromatic heterocycles. The summed E-state index contributed by atoms with van der Waals surface area (Å²) in [6, 6.07) is 11.7. The Morgan fingerprint density at radius 3 is 2.88 bits per heavy atom. The molecule has 2 N–H and O–H groups in total. The number of rotatable bonds is 2. The molecule has 24 heavy (non-hydrogen) atoms. The minimum Gasteiger partial charge on any atom is -0.478 e. The second-order valence-corrected chi connectivity index (χ2v) is 7.58. The minimum absolute atomic E-state index is 0.142. The van der Waals surface area contributed by atoms with Gasteiger partial charge < -0.3 is 10.4 Å². The van der Waals surface area contributed by atoms with Crippen LogP contribution in [0.1, 0.15) is 39.9 Å². The standard InChI is InChI=1S/C19H15BrClNO2/c20-12-4-1-3-10(7-12)17-14-6-2-5-13(14)15-8-11(19(23)24)9-16(21)18(15)22-17/h1-5,7-9,13-14,17,22H,6H2,(H,23,24)/t13-,14-,17-/m0/s1. The number of allylic oxidation sites excluding steroid dienone is 2. The molecule has 0 saturated heterocycles. The van der Waals surface area contributed by atoms with E-state index in [2.05, 4.69) is 45.5 Å². The summed E-state index contributed by atoms with van der Waals surface area (Å²) in [5.74, 6) is -0.415. The predicted molar refractivity (Wildman–Crippen MR) is 98.9 cm³/mol. The fourth-order valence-corrected chi connectivity index (χ4v) is 4.51. The number of hydrogen-bond donors (Lipinski definition) is 2. The van der Waals surface area contributed by atoms with Crippen molar-refractivity contribution in [3.63, 3.8) is 0 Å². The molecule has 3 atom stereocenters. The number of benzene rings is 2. The Kier molecular flexibility index (Phi) is 3.89. The van der Waals surface area contributed by atoms with Crippen LogP contribution in [0.15, 0.2) is 53.0 Å². The summed E-state index contributed by atoms with van der Waals surface area (Å²) >= 11 is 9.94. The van der Waals surface area contributed by atoms with Crippen molar-refractivity contribution in [3.8, 4) is 0 Å². The van der Waals surface area contributed by atoms with E-state index >= 15 is 0 Å². The number of fused-ring (bicyclic) bond motifs is 3. The number of hydrogen-bond acceptors (Lipinski definition) is 2. The van der Waals surface area contributed by atoms with Crippen LogP contribution in [-0.4, -0.2) is 11.1 Å². The molecule has 0 saturated carbocycles. The van der Waals surface area contributed by atoms with Gasteiger partial charge in [0, 0.05) is 10.4 Å². The molecule has 2 aliphatic rings. The first-order chi connectivity index (χ1) is 11.5. The Morgan fingerprint density at radius 2 is 2.12 bits per heavy atom. The summed E-state index contributed by atoms with van der Waals surface area (Å²) in [4.78, 5) is 11.4. The molecule has 0 bridgehead atoms. The fourth-order valence-electron chi connectivity index (χ4n) is 3.81. The first-order valence-electron chi connectivity index (χ1n) is 7.80. The smallest absolute Gasteiger partial charge is 0.335 e. The maximum Gasteiger partial charge on any atom is 0.335 e. The number of aromatic carboxylic acids is 1. The Labute approximate surface area is 153 Å². The highest BCUT2D eigenvalue weighted by atomic mass is 79.9. The molecule has 1 aliphatic heterocycles. The lowest BCUT2D eigenvalue weighted by atomic mass is 9.76. The summed E-state index contributed by atoms with van der Waals surface area (Å²) in [5.41, 5.74) is 3.26. The second kappa shape index (κ2) is 5.94. The molecular formula is C19H15BrClNO2. The third-order valence-electron chi connectivity index (χ3n) is 4.88. The van der Waals surface area contributed by atoms with E-state index < -0.39 is 5.97 Å². The van der Waals surface area contributed by atoms with E-state index in [1.165, 1.54) is 11.6 Å². The minimum atomic E-state index is -0.952. The lowest BCUT2D eigenvalue weighted by molar-refractivity contribution is 0.0696. The molecule has 0 unspecified atom stereocenters. The van der Waals surface area contributed by atoms with Gasteiger partial charge in [-0.1, -0.05) is 51.8 Å². The zero-order valence-electron chi connectivity index (χ0n) is 12.7. The topological polar surface area (TPSA) is 49.3 Å². The predicted octanol–water partition coefficient (Wildman–Crippen LogP) is 5.63. The molecule has 3 nitrogen and oxygen atoms in total. The number of carboxylic acid groups (broad SMARTS) is 1. The Balaban J connectivity index is 1.83. The van der Waals surface area contributed by atoms with Crippen LogP contribution in [0.25, 0.3) is 0 Å². The van der Waals surface area contributed by atoms with Crippen molar-refractivity contribution in [2.45, 2.75) is 18.4 Å². The molecule has 0 amide bonds. The highest BCUT2D eigenvalue weighted by Crippen LogP contribution is 2.51. The molecule has 1 heterocycles. The van der Waals surface area contributed by atoms with Crippen LogP contribution in [0.4, 0.5) is 5.69 Å². The second-order valence-electron chi connectivity index (χ2n) is 6.26. The zero-order valence-corrected chi connectivity index (χ0v) is 15.0. The Bertz CT molecular complexity index is 864. The van der Waals surface area contributed by atoms with E-state index in [1.807, 2.05) is 12.1 Å². The SMILES string of the molecule is O=C(O)c1cc(Cl)c2c(c1)[C@H]1C=CC[C@@H]1[C@H](c1cccc(Br)c1)N2. The van der Waals surface area contributed by atoms with Gasteiger partial charge in [0.25, 0.3) is 0 Å². The van der Waals surface area contributed by atoms with Crippen LogP contribution in [0.3, 0.4) is 0 Å². The third kappa shape index (κ3) is 2.54. The average Bonchev–Trinajstić information content (AvgIpc) is 3.04. The first kappa shape index (κ1) is 15.7. The van der Waals surface area contributed by atoms with Crippen molar-refractivity contribution in [2.24, 2.45) is 5.92 Å². The summed E-state index contributed by atoms with van der Waals surface area (Å²) in [6.07, 6.45) is 5.32. The molecule has 4 rings (SSSR count). The van der Waals surface area contributed by atoms with E-state index in [9.17, 15) is 9.90 Å². The highest BCUT2D eigenvalue weighted by molar-refractivity contribution is 9.10. The van der Waals surface area contributed by atoms with Crippen LogP contribution in [0, 0.1) is 5.92 Å². The largest absolute Gasteiger partial charge is 0.478 e. The van der Waals surface area contributed by atoms with Crippen LogP contribution >= 0.6 is 27.5 Å². The van der Waals surface area contributed by atoms with E-state index in [0.717, 1.165) is 22.1 Å². The number of nitrogens with one attached hydrogen (secondary N) is 1. The van der Waals surface area contributed by atoms with Crippen molar-refractivity contribution >= 4 is 39.2 Å². The molecule has 122 valence electrons. The van der Waals surface area contributed by atoms with Gasteiger partial charge in [-0.25, -0.2) is 4.79 Å². The first-order valence-corrected chi connectivity index (χ1v) is 8.97. The van der Waals surface area contributed by atoms with E-state index in [1.54, 1.807) is 6.07 Å². The van der Waals surface area contributed by atoms with Crippen molar-refractivity contribution in [3.05, 3.63) is 74.7 Å². The van der Waals surface area contributed by atoms with Gasteiger partial charge in [-0.05, 0) is 47.7 Å². The Hall–Kier alpha value is -1.78. The summed E-state index contributed by atoms with van der Waals surface area (Å²) in [5, 5.41) is 13.3. The number of halogens is 2. The number of carbonyl (C=O) groups is 1.